The Hall–Kier alpha value is -2.66. The summed E-state index contributed by atoms with van der Waals surface area (Å²) in [6.45, 7) is 4.77. The van der Waals surface area contributed by atoms with Gasteiger partial charge in [-0.1, -0.05) is 48.5 Å². The maximum atomic E-state index is 13.0. The number of nitrogens with zero attached hydrogens (tertiary/aromatic N) is 2. The van der Waals surface area contributed by atoms with Crippen LogP contribution in [0.1, 0.15) is 24.2 Å². The largest absolute Gasteiger partial charge is 0.381 e. The molecule has 2 aromatic rings. The van der Waals surface area contributed by atoms with E-state index >= 15 is 0 Å². The minimum Gasteiger partial charge on any atom is -0.381 e. The molecular formula is C21H24N2O3. The van der Waals surface area contributed by atoms with Gasteiger partial charge in [-0.2, -0.15) is 0 Å². The van der Waals surface area contributed by atoms with Gasteiger partial charge in [-0.25, -0.2) is 0 Å². The summed E-state index contributed by atoms with van der Waals surface area (Å²) in [6, 6.07) is 17.4. The standard InChI is InChI=1S/C21H24N2O3/c1-21(2,26)20(25)23-14-12-22(13-15-23)19(24)18-11-7-6-10-17(18)16-8-4-3-5-9-16/h3-11,26H,12-15H2,1-2H3. The van der Waals surface area contributed by atoms with Crippen molar-refractivity contribution in [2.45, 2.75) is 19.4 Å². The van der Waals surface area contributed by atoms with Crippen molar-refractivity contribution in [3.05, 3.63) is 60.2 Å². The van der Waals surface area contributed by atoms with Crippen LogP contribution in [0.15, 0.2) is 54.6 Å². The van der Waals surface area contributed by atoms with Crippen LogP contribution in [0.5, 0.6) is 0 Å². The average molecular weight is 352 g/mol. The fourth-order valence-electron chi connectivity index (χ4n) is 3.21. The van der Waals surface area contributed by atoms with Gasteiger partial charge in [0.15, 0.2) is 0 Å². The van der Waals surface area contributed by atoms with Crippen LogP contribution in [0, 0.1) is 0 Å². The lowest BCUT2D eigenvalue weighted by atomic mass is 9.98. The Balaban J connectivity index is 1.75. The average Bonchev–Trinajstić information content (AvgIpc) is 2.67. The number of hydrogen-bond acceptors (Lipinski definition) is 3. The van der Waals surface area contributed by atoms with E-state index < -0.39 is 5.60 Å². The molecular weight excluding hydrogens is 328 g/mol. The molecule has 0 spiro atoms. The molecule has 3 rings (SSSR count). The van der Waals surface area contributed by atoms with E-state index in [4.69, 9.17) is 0 Å². The Bertz CT molecular complexity index is 788. The van der Waals surface area contributed by atoms with E-state index in [1.807, 2.05) is 54.6 Å². The van der Waals surface area contributed by atoms with Crippen LogP contribution in [-0.4, -0.2) is 58.5 Å². The Morgan fingerprint density at radius 2 is 1.38 bits per heavy atom. The van der Waals surface area contributed by atoms with Crippen LogP contribution in [0.2, 0.25) is 0 Å². The zero-order valence-electron chi connectivity index (χ0n) is 15.2. The summed E-state index contributed by atoms with van der Waals surface area (Å²) in [5, 5.41) is 9.88. The minimum absolute atomic E-state index is 0.0280. The van der Waals surface area contributed by atoms with Crippen LogP contribution >= 0.6 is 0 Å². The number of carbonyl (C=O) groups is 2. The highest BCUT2D eigenvalue weighted by atomic mass is 16.3. The van der Waals surface area contributed by atoms with Gasteiger partial charge in [0, 0.05) is 31.7 Å². The first kappa shape index (κ1) is 18.1. The van der Waals surface area contributed by atoms with E-state index in [0.717, 1.165) is 11.1 Å². The van der Waals surface area contributed by atoms with Crippen LogP contribution in [-0.2, 0) is 4.79 Å². The molecule has 0 radical (unpaired) electrons. The topological polar surface area (TPSA) is 60.9 Å². The van der Waals surface area contributed by atoms with E-state index in [2.05, 4.69) is 0 Å². The Morgan fingerprint density at radius 3 is 2.00 bits per heavy atom. The van der Waals surface area contributed by atoms with Crippen molar-refractivity contribution in [3.63, 3.8) is 0 Å². The van der Waals surface area contributed by atoms with Crippen LogP contribution in [0.4, 0.5) is 0 Å². The number of aliphatic hydroxyl groups is 1. The van der Waals surface area contributed by atoms with Gasteiger partial charge in [-0.3, -0.25) is 9.59 Å². The van der Waals surface area contributed by atoms with Crippen molar-refractivity contribution < 1.29 is 14.7 Å². The molecule has 26 heavy (non-hydrogen) atoms. The monoisotopic (exact) mass is 352 g/mol. The third-order valence-corrected chi connectivity index (χ3v) is 4.62. The summed E-state index contributed by atoms with van der Waals surface area (Å²) in [7, 11) is 0. The molecule has 0 unspecified atom stereocenters. The molecule has 0 aromatic heterocycles. The number of benzene rings is 2. The smallest absolute Gasteiger partial charge is 0.254 e. The molecule has 0 atom stereocenters. The fourth-order valence-corrected chi connectivity index (χ4v) is 3.21. The lowest BCUT2D eigenvalue weighted by Gasteiger charge is -2.37. The lowest BCUT2D eigenvalue weighted by molar-refractivity contribution is -0.149. The predicted molar refractivity (Wildman–Crippen MR) is 101 cm³/mol. The second-order valence-corrected chi connectivity index (χ2v) is 7.06. The first-order chi connectivity index (χ1) is 12.4. The minimum atomic E-state index is -1.38. The van der Waals surface area contributed by atoms with Crippen molar-refractivity contribution in [1.82, 2.24) is 9.80 Å². The SMILES string of the molecule is CC(C)(O)C(=O)N1CCN(C(=O)c2ccccc2-c2ccccc2)CC1. The molecule has 0 bridgehead atoms. The fraction of sp³-hybridized carbons (Fsp3) is 0.333. The summed E-state index contributed by atoms with van der Waals surface area (Å²) in [5.74, 6) is -0.325. The Morgan fingerprint density at radius 1 is 0.846 bits per heavy atom. The van der Waals surface area contributed by atoms with Crippen molar-refractivity contribution in [2.75, 3.05) is 26.2 Å². The number of piperazine rings is 1. The van der Waals surface area contributed by atoms with Crippen molar-refractivity contribution >= 4 is 11.8 Å². The summed E-state index contributed by atoms with van der Waals surface area (Å²) in [4.78, 5) is 28.6. The second-order valence-electron chi connectivity index (χ2n) is 7.06. The molecule has 2 aromatic carbocycles. The van der Waals surface area contributed by atoms with Gasteiger partial charge in [0.25, 0.3) is 11.8 Å². The Labute approximate surface area is 153 Å². The van der Waals surface area contributed by atoms with Gasteiger partial charge in [0.05, 0.1) is 0 Å². The number of rotatable bonds is 3. The summed E-state index contributed by atoms with van der Waals surface area (Å²) < 4.78 is 0. The molecule has 0 aliphatic carbocycles. The van der Waals surface area contributed by atoms with Crippen molar-refractivity contribution in [3.8, 4) is 11.1 Å². The molecule has 136 valence electrons. The van der Waals surface area contributed by atoms with Crippen LogP contribution in [0.25, 0.3) is 11.1 Å². The molecule has 5 nitrogen and oxygen atoms in total. The van der Waals surface area contributed by atoms with Crippen molar-refractivity contribution in [1.29, 1.82) is 0 Å². The number of amides is 2. The van der Waals surface area contributed by atoms with Crippen LogP contribution in [0.3, 0.4) is 0 Å². The predicted octanol–water partition coefficient (Wildman–Crippen LogP) is 2.41. The van der Waals surface area contributed by atoms with E-state index in [0.29, 0.717) is 31.7 Å². The van der Waals surface area contributed by atoms with E-state index in [-0.39, 0.29) is 11.8 Å². The Kier molecular flexibility index (Phi) is 5.09. The van der Waals surface area contributed by atoms with Gasteiger partial charge < -0.3 is 14.9 Å². The normalized spacial score (nSPS) is 15.0. The lowest BCUT2D eigenvalue weighted by Crippen LogP contribution is -2.55. The van der Waals surface area contributed by atoms with Gasteiger partial charge in [0.2, 0.25) is 0 Å². The first-order valence-electron chi connectivity index (χ1n) is 8.83. The summed E-state index contributed by atoms with van der Waals surface area (Å²) in [5.41, 5.74) is 1.20. The van der Waals surface area contributed by atoms with E-state index in [9.17, 15) is 14.7 Å². The van der Waals surface area contributed by atoms with Gasteiger partial charge >= 0.3 is 0 Å². The molecule has 1 saturated heterocycles. The highest BCUT2D eigenvalue weighted by molar-refractivity contribution is 6.01. The maximum absolute atomic E-state index is 13.0. The highest BCUT2D eigenvalue weighted by Gasteiger charge is 2.32. The first-order valence-corrected chi connectivity index (χ1v) is 8.83. The summed E-state index contributed by atoms with van der Waals surface area (Å²) >= 11 is 0. The molecule has 2 amide bonds. The van der Waals surface area contributed by atoms with E-state index in [1.54, 1.807) is 9.80 Å². The van der Waals surface area contributed by atoms with Crippen molar-refractivity contribution in [2.24, 2.45) is 0 Å². The van der Waals surface area contributed by atoms with Crippen LogP contribution < -0.4 is 0 Å². The van der Waals surface area contributed by atoms with Gasteiger partial charge in [-0.05, 0) is 31.0 Å². The zero-order chi connectivity index (χ0) is 18.7. The molecule has 1 aliphatic heterocycles. The number of hydrogen-bond donors (Lipinski definition) is 1. The number of carbonyl (C=O) groups excluding carboxylic acids is 2. The summed E-state index contributed by atoms with van der Waals surface area (Å²) in [6.07, 6.45) is 0. The third-order valence-electron chi connectivity index (χ3n) is 4.62. The molecule has 1 fully saturated rings. The second kappa shape index (κ2) is 7.30. The third kappa shape index (κ3) is 3.78. The quantitative estimate of drug-likeness (QED) is 0.923. The zero-order valence-corrected chi connectivity index (χ0v) is 15.2. The molecule has 0 saturated carbocycles. The highest BCUT2D eigenvalue weighted by Crippen LogP contribution is 2.25. The molecule has 1 aliphatic rings. The molecule has 5 heteroatoms. The van der Waals surface area contributed by atoms with Gasteiger partial charge in [-0.15, -0.1) is 0 Å². The van der Waals surface area contributed by atoms with Gasteiger partial charge in [0.1, 0.15) is 5.60 Å². The molecule has 1 N–H and O–H groups in total. The maximum Gasteiger partial charge on any atom is 0.254 e. The van der Waals surface area contributed by atoms with E-state index in [1.165, 1.54) is 13.8 Å². The molecule has 1 heterocycles.